The number of carbonyl (C=O) groups is 2. The Morgan fingerprint density at radius 2 is 2.07 bits per heavy atom. The van der Waals surface area contributed by atoms with Gasteiger partial charge in [0.1, 0.15) is 0 Å². The number of aromatic amines is 1. The third kappa shape index (κ3) is 3.72. The van der Waals surface area contributed by atoms with E-state index in [9.17, 15) is 9.59 Å². The van der Waals surface area contributed by atoms with Crippen LogP contribution in [0.1, 0.15) is 46.6 Å². The Morgan fingerprint density at radius 1 is 1.21 bits per heavy atom. The summed E-state index contributed by atoms with van der Waals surface area (Å²) in [4.78, 5) is 35.8. The molecule has 0 saturated heterocycles. The van der Waals surface area contributed by atoms with E-state index < -0.39 is 0 Å². The normalized spacial score (nSPS) is 16.8. The van der Waals surface area contributed by atoms with Gasteiger partial charge in [-0.15, -0.1) is 0 Å². The van der Waals surface area contributed by atoms with Gasteiger partial charge >= 0.3 is 6.03 Å². The zero-order valence-corrected chi connectivity index (χ0v) is 16.8. The number of urea groups is 1. The number of rotatable bonds is 3. The summed E-state index contributed by atoms with van der Waals surface area (Å²) in [6, 6.07) is 7.82. The molecule has 3 aromatic rings. The maximum Gasteiger partial charge on any atom is 0.321 e. The van der Waals surface area contributed by atoms with Gasteiger partial charge in [0, 0.05) is 41.2 Å². The van der Waals surface area contributed by atoms with E-state index in [0.29, 0.717) is 30.2 Å². The molecule has 150 valence electrons. The molecule has 5 rings (SSSR count). The minimum atomic E-state index is -0.185. The van der Waals surface area contributed by atoms with Gasteiger partial charge in [0.2, 0.25) is 0 Å². The van der Waals surface area contributed by atoms with E-state index in [1.807, 2.05) is 35.4 Å². The fourth-order valence-corrected chi connectivity index (χ4v) is 5.19. The number of aromatic nitrogens is 2. The van der Waals surface area contributed by atoms with Crippen molar-refractivity contribution < 1.29 is 9.59 Å². The lowest BCUT2D eigenvalue weighted by Gasteiger charge is -2.26. The minimum absolute atomic E-state index is 0.0223. The van der Waals surface area contributed by atoms with E-state index in [-0.39, 0.29) is 18.0 Å². The first-order chi connectivity index (χ1) is 14.2. The minimum Gasteiger partial charge on any atom is -0.361 e. The van der Waals surface area contributed by atoms with Crippen LogP contribution in [0.25, 0.3) is 10.9 Å². The fourth-order valence-electron chi connectivity index (χ4n) is 4.17. The Labute approximate surface area is 172 Å². The van der Waals surface area contributed by atoms with Gasteiger partial charge in [-0.05, 0) is 36.4 Å². The van der Waals surface area contributed by atoms with Gasteiger partial charge in [0.25, 0.3) is 5.91 Å². The van der Waals surface area contributed by atoms with Crippen LogP contribution in [-0.2, 0) is 13.0 Å². The van der Waals surface area contributed by atoms with Crippen molar-refractivity contribution in [3.8, 4) is 0 Å². The first-order valence-corrected chi connectivity index (χ1v) is 10.9. The lowest BCUT2D eigenvalue weighted by Crippen LogP contribution is -2.36. The van der Waals surface area contributed by atoms with Crippen LogP contribution < -0.4 is 10.6 Å². The van der Waals surface area contributed by atoms with Crippen LogP contribution in [0, 0.1) is 0 Å². The molecule has 1 aliphatic heterocycles. The standard InChI is InChI=1S/C21H23N5O2S/c27-19(14-6-5-13-7-9-22-17(13)11-14)26-10-8-16-18(12-26)29-21(24-16)25-20(28)23-15-3-1-2-4-15/h5-7,9,11,15,22H,1-4,8,10,12H2,(H2,23,24,25,28). The second kappa shape index (κ2) is 7.51. The van der Waals surface area contributed by atoms with E-state index >= 15 is 0 Å². The van der Waals surface area contributed by atoms with Crippen LogP contribution in [0.5, 0.6) is 0 Å². The second-order valence-corrected chi connectivity index (χ2v) is 8.81. The van der Waals surface area contributed by atoms with Crippen molar-refractivity contribution >= 4 is 39.3 Å². The Bertz CT molecular complexity index is 1070. The van der Waals surface area contributed by atoms with E-state index in [1.54, 1.807) is 0 Å². The molecule has 1 aromatic carbocycles. The number of H-pyrrole nitrogens is 1. The van der Waals surface area contributed by atoms with Crippen LogP contribution in [0.3, 0.4) is 0 Å². The molecule has 2 aromatic heterocycles. The average Bonchev–Trinajstić information content (AvgIpc) is 3.46. The molecule has 3 heterocycles. The van der Waals surface area contributed by atoms with Crippen molar-refractivity contribution in [2.75, 3.05) is 11.9 Å². The molecular weight excluding hydrogens is 386 g/mol. The number of carbonyl (C=O) groups excluding carboxylic acids is 2. The third-order valence-electron chi connectivity index (χ3n) is 5.73. The Balaban J connectivity index is 1.25. The van der Waals surface area contributed by atoms with Crippen LogP contribution in [0.4, 0.5) is 9.93 Å². The summed E-state index contributed by atoms with van der Waals surface area (Å²) in [7, 11) is 0. The summed E-state index contributed by atoms with van der Waals surface area (Å²) in [5, 5.41) is 7.58. The lowest BCUT2D eigenvalue weighted by atomic mass is 10.1. The zero-order valence-electron chi connectivity index (χ0n) is 16.0. The molecule has 1 saturated carbocycles. The van der Waals surface area contributed by atoms with Crippen molar-refractivity contribution in [1.82, 2.24) is 20.2 Å². The van der Waals surface area contributed by atoms with Gasteiger partial charge in [0.15, 0.2) is 5.13 Å². The molecule has 0 unspecified atom stereocenters. The second-order valence-electron chi connectivity index (χ2n) is 7.73. The molecule has 1 aliphatic carbocycles. The molecule has 0 radical (unpaired) electrons. The van der Waals surface area contributed by atoms with Gasteiger partial charge in [-0.2, -0.15) is 0 Å². The van der Waals surface area contributed by atoms with Gasteiger partial charge in [-0.25, -0.2) is 9.78 Å². The molecule has 3 amide bonds. The zero-order chi connectivity index (χ0) is 19.8. The monoisotopic (exact) mass is 409 g/mol. The molecule has 0 atom stereocenters. The number of fused-ring (bicyclic) bond motifs is 2. The number of anilines is 1. The maximum absolute atomic E-state index is 13.0. The number of benzene rings is 1. The van der Waals surface area contributed by atoms with E-state index in [4.69, 9.17) is 0 Å². The van der Waals surface area contributed by atoms with Crippen molar-refractivity contribution in [2.24, 2.45) is 0 Å². The van der Waals surface area contributed by atoms with Crippen LogP contribution in [0.2, 0.25) is 0 Å². The van der Waals surface area contributed by atoms with Crippen LogP contribution in [0.15, 0.2) is 30.5 Å². The Kier molecular flexibility index (Phi) is 4.71. The highest BCUT2D eigenvalue weighted by atomic mass is 32.1. The summed E-state index contributed by atoms with van der Waals surface area (Å²) in [6.07, 6.45) is 7.03. The molecule has 7 nitrogen and oxygen atoms in total. The molecule has 2 aliphatic rings. The predicted molar refractivity (Wildman–Crippen MR) is 113 cm³/mol. The Hall–Kier alpha value is -2.87. The topological polar surface area (TPSA) is 90.1 Å². The summed E-state index contributed by atoms with van der Waals surface area (Å²) in [6.45, 7) is 1.16. The Morgan fingerprint density at radius 3 is 2.93 bits per heavy atom. The van der Waals surface area contributed by atoms with Gasteiger partial charge in [-0.1, -0.05) is 30.2 Å². The van der Waals surface area contributed by atoms with Crippen molar-refractivity contribution in [3.63, 3.8) is 0 Å². The first-order valence-electron chi connectivity index (χ1n) is 10.1. The van der Waals surface area contributed by atoms with Gasteiger partial charge in [-0.3, -0.25) is 10.1 Å². The number of thiazole rings is 1. The molecule has 1 fully saturated rings. The first kappa shape index (κ1) is 18.2. The van der Waals surface area contributed by atoms with Crippen LogP contribution in [-0.4, -0.2) is 39.4 Å². The van der Waals surface area contributed by atoms with Gasteiger partial charge in [0.05, 0.1) is 12.2 Å². The number of hydrogen-bond donors (Lipinski definition) is 3. The molecule has 29 heavy (non-hydrogen) atoms. The molecule has 8 heteroatoms. The van der Waals surface area contributed by atoms with Crippen LogP contribution >= 0.6 is 11.3 Å². The van der Waals surface area contributed by atoms with E-state index in [1.165, 1.54) is 24.2 Å². The van der Waals surface area contributed by atoms with E-state index in [0.717, 1.165) is 34.3 Å². The highest BCUT2D eigenvalue weighted by molar-refractivity contribution is 7.15. The van der Waals surface area contributed by atoms with Gasteiger partial charge < -0.3 is 15.2 Å². The largest absolute Gasteiger partial charge is 0.361 e. The highest BCUT2D eigenvalue weighted by Crippen LogP contribution is 2.29. The summed E-state index contributed by atoms with van der Waals surface area (Å²) >= 11 is 1.46. The number of nitrogens with zero attached hydrogens (tertiary/aromatic N) is 2. The summed E-state index contributed by atoms with van der Waals surface area (Å²) in [5.41, 5.74) is 2.63. The smallest absolute Gasteiger partial charge is 0.321 e. The summed E-state index contributed by atoms with van der Waals surface area (Å²) in [5.74, 6) is 0.0223. The highest BCUT2D eigenvalue weighted by Gasteiger charge is 2.26. The number of hydrogen-bond acceptors (Lipinski definition) is 4. The maximum atomic E-state index is 13.0. The lowest BCUT2D eigenvalue weighted by molar-refractivity contribution is 0.0736. The number of nitrogens with one attached hydrogen (secondary N) is 3. The van der Waals surface area contributed by atoms with Crippen molar-refractivity contribution in [2.45, 2.75) is 44.7 Å². The molecule has 0 bridgehead atoms. The quantitative estimate of drug-likeness (QED) is 0.613. The third-order valence-corrected chi connectivity index (χ3v) is 6.73. The SMILES string of the molecule is O=C(Nc1nc2c(s1)CN(C(=O)c1ccc3cc[nH]c3c1)CC2)NC1CCCC1. The molecule has 0 spiro atoms. The van der Waals surface area contributed by atoms with E-state index in [2.05, 4.69) is 20.6 Å². The average molecular weight is 410 g/mol. The molecule has 3 N–H and O–H groups in total. The number of amides is 3. The fraction of sp³-hybridized carbons (Fsp3) is 0.381. The molecular formula is C21H23N5O2S. The predicted octanol–water partition coefficient (Wildman–Crippen LogP) is 3.89. The summed E-state index contributed by atoms with van der Waals surface area (Å²) < 4.78 is 0. The van der Waals surface area contributed by atoms with Crippen molar-refractivity contribution in [3.05, 3.63) is 46.6 Å². The van der Waals surface area contributed by atoms with Crippen molar-refractivity contribution in [1.29, 1.82) is 0 Å².